The molecule has 0 aliphatic carbocycles. The molecule has 14 rings (SSSR count). The summed E-state index contributed by atoms with van der Waals surface area (Å²) in [6.45, 7) is 0. The van der Waals surface area contributed by atoms with Crippen LogP contribution >= 0.6 is 0 Å². The van der Waals surface area contributed by atoms with E-state index < -0.39 is 5.41 Å². The molecular formula is C58H35N5O. The third-order valence-electron chi connectivity index (χ3n) is 13.4. The van der Waals surface area contributed by atoms with Crippen molar-refractivity contribution in [3.05, 3.63) is 235 Å². The molecular weight excluding hydrogens is 783 g/mol. The van der Waals surface area contributed by atoms with Gasteiger partial charge in [-0.15, -0.1) is 0 Å². The molecule has 1 unspecified atom stereocenters. The highest BCUT2D eigenvalue weighted by Crippen LogP contribution is 2.61. The number of benzene rings is 9. The molecule has 0 fully saturated rings. The highest BCUT2D eigenvalue weighted by Gasteiger charge is 2.50. The Morgan fingerprint density at radius 2 is 0.891 bits per heavy atom. The summed E-state index contributed by atoms with van der Waals surface area (Å²) in [7, 11) is 0. The van der Waals surface area contributed by atoms with Crippen LogP contribution in [0.4, 0.5) is 0 Å². The van der Waals surface area contributed by atoms with Gasteiger partial charge in [-0.1, -0.05) is 176 Å². The number of hydrogen-bond acceptors (Lipinski definition) is 4. The van der Waals surface area contributed by atoms with E-state index in [1.807, 2.05) is 24.3 Å². The summed E-state index contributed by atoms with van der Waals surface area (Å²) in [6, 6.07) is 75.3. The number of hydrogen-bond donors (Lipinski definition) is 0. The Morgan fingerprint density at radius 1 is 0.344 bits per heavy atom. The fourth-order valence-electron chi connectivity index (χ4n) is 10.8. The van der Waals surface area contributed by atoms with Crippen molar-refractivity contribution >= 4 is 43.6 Å². The van der Waals surface area contributed by atoms with Gasteiger partial charge in [0, 0.05) is 43.8 Å². The van der Waals surface area contributed by atoms with Crippen LogP contribution in [0.2, 0.25) is 0 Å². The van der Waals surface area contributed by atoms with Crippen molar-refractivity contribution in [2.45, 2.75) is 5.41 Å². The standard InChI is InChI=1S/C58H35N5O/c1-3-16-36(17-4-1)37-30-32-39(33-31-37)56-59-55(38-18-5-2-6-19-38)60-57(61-56)63-49-27-12-8-21-41(49)43-34-53-47(35-51(43)63)58(45-24-10-14-29-52(45)64-53)44-23-9-13-28-50(44)62-48-26-11-7-20-40(48)42-22-15-25-46(58)54(42)62/h1-35H. The van der Waals surface area contributed by atoms with Crippen LogP contribution in [0.25, 0.3) is 89.2 Å². The average Bonchev–Trinajstić information content (AvgIpc) is 3.88. The van der Waals surface area contributed by atoms with Gasteiger partial charge in [0.25, 0.3) is 0 Å². The number of rotatable bonds is 4. The molecule has 0 radical (unpaired) electrons. The van der Waals surface area contributed by atoms with Crippen LogP contribution in [0.3, 0.4) is 0 Å². The molecule has 64 heavy (non-hydrogen) atoms. The van der Waals surface area contributed by atoms with Crippen molar-refractivity contribution in [3.8, 4) is 57.0 Å². The largest absolute Gasteiger partial charge is 0.457 e. The SMILES string of the molecule is c1ccc(-c2ccc(-c3nc(-c4ccccc4)nc(-n4c5ccccc5c5cc6c(cc54)C4(c5ccccc5O6)c5ccccc5-n5c6ccccc6c6cccc4c65)n3)cc2)cc1. The van der Waals surface area contributed by atoms with Crippen molar-refractivity contribution in [2.75, 3.05) is 0 Å². The Labute approximate surface area is 368 Å². The zero-order chi connectivity index (χ0) is 41.9. The zero-order valence-corrected chi connectivity index (χ0v) is 34.4. The summed E-state index contributed by atoms with van der Waals surface area (Å²) in [5.74, 6) is 3.42. The van der Waals surface area contributed by atoms with Gasteiger partial charge in [-0.3, -0.25) is 4.57 Å². The number of fused-ring (bicyclic) bond motifs is 14. The van der Waals surface area contributed by atoms with Gasteiger partial charge >= 0.3 is 0 Å². The topological polar surface area (TPSA) is 57.8 Å². The number of nitrogens with zero attached hydrogens (tertiary/aromatic N) is 5. The predicted molar refractivity (Wildman–Crippen MR) is 257 cm³/mol. The number of para-hydroxylation sites is 5. The third kappa shape index (κ3) is 4.76. The summed E-state index contributed by atoms with van der Waals surface area (Å²) in [6.07, 6.45) is 0. The van der Waals surface area contributed by atoms with Crippen LogP contribution < -0.4 is 4.74 Å². The highest BCUT2D eigenvalue weighted by atomic mass is 16.5. The van der Waals surface area contributed by atoms with E-state index in [-0.39, 0.29) is 0 Å². The zero-order valence-electron chi connectivity index (χ0n) is 34.4. The molecule has 5 heterocycles. The minimum atomic E-state index is -0.736. The van der Waals surface area contributed by atoms with Gasteiger partial charge < -0.3 is 9.30 Å². The van der Waals surface area contributed by atoms with Crippen LogP contribution in [0.5, 0.6) is 11.5 Å². The van der Waals surface area contributed by atoms with Crippen LogP contribution in [0.1, 0.15) is 22.3 Å². The highest BCUT2D eigenvalue weighted by molar-refractivity contribution is 6.13. The molecule has 0 amide bonds. The molecule has 298 valence electrons. The second-order valence-electron chi connectivity index (χ2n) is 16.7. The normalized spacial score (nSPS) is 14.8. The van der Waals surface area contributed by atoms with E-state index >= 15 is 0 Å². The second kappa shape index (κ2) is 13.2. The van der Waals surface area contributed by atoms with Gasteiger partial charge in [0.1, 0.15) is 11.5 Å². The van der Waals surface area contributed by atoms with Crippen LogP contribution in [-0.2, 0) is 5.41 Å². The molecule has 1 atom stereocenters. The lowest BCUT2D eigenvalue weighted by Gasteiger charge is -2.45. The van der Waals surface area contributed by atoms with Crippen LogP contribution in [0.15, 0.2) is 212 Å². The number of aromatic nitrogens is 5. The molecule has 6 heteroatoms. The van der Waals surface area contributed by atoms with Crippen molar-refractivity contribution in [1.82, 2.24) is 24.1 Å². The third-order valence-corrected chi connectivity index (χ3v) is 13.4. The predicted octanol–water partition coefficient (Wildman–Crippen LogP) is 13.9. The van der Waals surface area contributed by atoms with Crippen molar-refractivity contribution in [3.63, 3.8) is 0 Å². The Morgan fingerprint density at radius 3 is 1.66 bits per heavy atom. The van der Waals surface area contributed by atoms with E-state index in [1.54, 1.807) is 0 Å². The van der Waals surface area contributed by atoms with Crippen molar-refractivity contribution in [1.29, 1.82) is 0 Å². The monoisotopic (exact) mass is 817 g/mol. The lowest BCUT2D eigenvalue weighted by molar-refractivity contribution is 0.435. The minimum Gasteiger partial charge on any atom is -0.457 e. The second-order valence-corrected chi connectivity index (χ2v) is 16.7. The molecule has 0 N–H and O–H groups in total. The van der Waals surface area contributed by atoms with E-state index in [1.165, 1.54) is 32.9 Å². The smallest absolute Gasteiger partial charge is 0.238 e. The summed E-state index contributed by atoms with van der Waals surface area (Å²) in [4.78, 5) is 15.8. The molecule has 12 aromatic rings. The average molecular weight is 818 g/mol. The minimum absolute atomic E-state index is 0.541. The maximum Gasteiger partial charge on any atom is 0.238 e. The molecule has 0 bridgehead atoms. The van der Waals surface area contributed by atoms with E-state index in [2.05, 4.69) is 197 Å². The van der Waals surface area contributed by atoms with Crippen LogP contribution in [0, 0.1) is 0 Å². The molecule has 2 aliphatic heterocycles. The van der Waals surface area contributed by atoms with Crippen molar-refractivity contribution < 1.29 is 4.74 Å². The van der Waals surface area contributed by atoms with Gasteiger partial charge in [0.05, 0.1) is 33.2 Å². The fourth-order valence-corrected chi connectivity index (χ4v) is 10.8. The molecule has 6 nitrogen and oxygen atoms in total. The Bertz CT molecular complexity index is 3870. The van der Waals surface area contributed by atoms with Gasteiger partial charge in [-0.25, -0.2) is 4.98 Å². The van der Waals surface area contributed by atoms with E-state index in [0.29, 0.717) is 17.6 Å². The van der Waals surface area contributed by atoms with Gasteiger partial charge in [-0.05, 0) is 58.7 Å². The summed E-state index contributed by atoms with van der Waals surface area (Å²) in [5, 5.41) is 4.59. The quantitative estimate of drug-likeness (QED) is 0.177. The van der Waals surface area contributed by atoms with Gasteiger partial charge in [-0.2, -0.15) is 9.97 Å². The first kappa shape index (κ1) is 35.0. The number of ether oxygens (including phenoxy) is 1. The van der Waals surface area contributed by atoms with E-state index in [0.717, 1.165) is 72.4 Å². The molecule has 0 saturated heterocycles. The first-order valence-corrected chi connectivity index (χ1v) is 21.7. The molecule has 9 aromatic carbocycles. The summed E-state index contributed by atoms with van der Waals surface area (Å²) < 4.78 is 11.8. The summed E-state index contributed by atoms with van der Waals surface area (Å²) in [5.41, 5.74) is 13.5. The summed E-state index contributed by atoms with van der Waals surface area (Å²) >= 11 is 0. The molecule has 1 spiro atoms. The maximum absolute atomic E-state index is 7.07. The van der Waals surface area contributed by atoms with Gasteiger partial charge in [0.2, 0.25) is 5.95 Å². The van der Waals surface area contributed by atoms with E-state index in [9.17, 15) is 0 Å². The van der Waals surface area contributed by atoms with Crippen LogP contribution in [-0.4, -0.2) is 24.1 Å². The Balaban J connectivity index is 1.08. The maximum atomic E-state index is 7.07. The molecule has 2 aliphatic rings. The Hall–Kier alpha value is -8.61. The first-order chi connectivity index (χ1) is 31.7. The van der Waals surface area contributed by atoms with E-state index in [4.69, 9.17) is 19.7 Å². The lowest BCUT2D eigenvalue weighted by Crippen LogP contribution is -2.37. The Kier molecular flexibility index (Phi) is 7.22. The van der Waals surface area contributed by atoms with Crippen molar-refractivity contribution in [2.24, 2.45) is 0 Å². The lowest BCUT2D eigenvalue weighted by atomic mass is 9.61. The molecule has 0 saturated carbocycles. The fraction of sp³-hybridized carbons (Fsp3) is 0.0172. The molecule has 3 aromatic heterocycles. The van der Waals surface area contributed by atoms with Gasteiger partial charge in [0.15, 0.2) is 11.6 Å². The first-order valence-electron chi connectivity index (χ1n) is 21.7.